The summed E-state index contributed by atoms with van der Waals surface area (Å²) in [7, 11) is 1.54. The number of hydrogen-bond acceptors (Lipinski definition) is 6. The van der Waals surface area contributed by atoms with Crippen molar-refractivity contribution in [3.8, 4) is 17.1 Å². The SMILES string of the molecule is CCN(CC(=O)Nc1ccccc1OC)C(=O)CCc1nc(-c2ccc(C(C)C)cc2)no1. The van der Waals surface area contributed by atoms with Crippen LogP contribution >= 0.6 is 0 Å². The molecule has 8 heteroatoms. The molecule has 0 atom stereocenters. The number of ether oxygens (including phenoxy) is 1. The molecule has 33 heavy (non-hydrogen) atoms. The van der Waals surface area contributed by atoms with Crippen molar-refractivity contribution in [1.82, 2.24) is 15.0 Å². The number of likely N-dealkylation sites (N-methyl/N-ethyl adjacent to an activating group) is 1. The molecule has 1 aromatic heterocycles. The normalized spacial score (nSPS) is 10.8. The molecular formula is C25H30N4O4. The fourth-order valence-corrected chi connectivity index (χ4v) is 3.35. The Hall–Kier alpha value is -3.68. The summed E-state index contributed by atoms with van der Waals surface area (Å²) >= 11 is 0. The molecule has 3 aromatic rings. The van der Waals surface area contributed by atoms with Gasteiger partial charge in [0.15, 0.2) is 0 Å². The number of anilines is 1. The summed E-state index contributed by atoms with van der Waals surface area (Å²) in [5, 5.41) is 6.82. The number of nitrogens with zero attached hydrogens (tertiary/aromatic N) is 3. The lowest BCUT2D eigenvalue weighted by molar-refractivity contribution is -0.134. The first-order valence-corrected chi connectivity index (χ1v) is 11.0. The van der Waals surface area contributed by atoms with E-state index in [9.17, 15) is 9.59 Å². The molecule has 1 heterocycles. The van der Waals surface area contributed by atoms with Crippen LogP contribution in [0.5, 0.6) is 5.75 Å². The van der Waals surface area contributed by atoms with Crippen LogP contribution in [0.2, 0.25) is 0 Å². The summed E-state index contributed by atoms with van der Waals surface area (Å²) < 4.78 is 10.6. The molecule has 174 valence electrons. The smallest absolute Gasteiger partial charge is 0.244 e. The molecule has 0 aliphatic heterocycles. The van der Waals surface area contributed by atoms with Crippen molar-refractivity contribution in [2.24, 2.45) is 0 Å². The number of hydrogen-bond donors (Lipinski definition) is 1. The second-order valence-corrected chi connectivity index (χ2v) is 7.94. The zero-order valence-corrected chi connectivity index (χ0v) is 19.5. The van der Waals surface area contributed by atoms with Gasteiger partial charge in [-0.2, -0.15) is 4.98 Å². The van der Waals surface area contributed by atoms with Crippen LogP contribution < -0.4 is 10.1 Å². The van der Waals surface area contributed by atoms with Gasteiger partial charge < -0.3 is 19.5 Å². The van der Waals surface area contributed by atoms with E-state index >= 15 is 0 Å². The first-order valence-electron chi connectivity index (χ1n) is 11.0. The molecule has 2 amide bonds. The number of amides is 2. The van der Waals surface area contributed by atoms with Crippen LogP contribution in [0.15, 0.2) is 53.1 Å². The minimum atomic E-state index is -0.292. The number of carbonyl (C=O) groups excluding carboxylic acids is 2. The number of benzene rings is 2. The highest BCUT2D eigenvalue weighted by Gasteiger charge is 2.18. The number of carbonyl (C=O) groups is 2. The third-order valence-corrected chi connectivity index (χ3v) is 5.31. The Bertz CT molecular complexity index is 1080. The summed E-state index contributed by atoms with van der Waals surface area (Å²) in [6.07, 6.45) is 0.476. The molecule has 2 aromatic carbocycles. The first kappa shape index (κ1) is 24.0. The molecule has 0 aliphatic carbocycles. The van der Waals surface area contributed by atoms with Crippen molar-refractivity contribution in [3.63, 3.8) is 0 Å². The van der Waals surface area contributed by atoms with Crippen LogP contribution in [0.1, 0.15) is 44.6 Å². The highest BCUT2D eigenvalue weighted by molar-refractivity contribution is 5.95. The van der Waals surface area contributed by atoms with E-state index in [0.717, 1.165) is 5.56 Å². The molecule has 0 unspecified atom stereocenters. The van der Waals surface area contributed by atoms with E-state index < -0.39 is 0 Å². The highest BCUT2D eigenvalue weighted by atomic mass is 16.5. The summed E-state index contributed by atoms with van der Waals surface area (Å²) in [5.41, 5.74) is 2.67. The molecule has 1 N–H and O–H groups in total. The third kappa shape index (κ3) is 6.41. The molecule has 3 rings (SSSR count). The largest absolute Gasteiger partial charge is 0.495 e. The number of para-hydroxylation sites is 2. The molecule has 0 saturated carbocycles. The maximum absolute atomic E-state index is 12.7. The molecule has 0 bridgehead atoms. The van der Waals surface area contributed by atoms with Crippen LogP contribution in [-0.2, 0) is 16.0 Å². The van der Waals surface area contributed by atoms with Gasteiger partial charge in [-0.15, -0.1) is 0 Å². The zero-order chi connectivity index (χ0) is 23.8. The van der Waals surface area contributed by atoms with E-state index in [4.69, 9.17) is 9.26 Å². The van der Waals surface area contributed by atoms with Crippen molar-refractivity contribution < 1.29 is 18.8 Å². The Balaban J connectivity index is 1.54. The predicted octanol–water partition coefficient (Wildman–Crippen LogP) is 4.29. The van der Waals surface area contributed by atoms with Crippen molar-refractivity contribution >= 4 is 17.5 Å². The van der Waals surface area contributed by atoms with Crippen LogP contribution in [0.3, 0.4) is 0 Å². The topological polar surface area (TPSA) is 97.6 Å². The van der Waals surface area contributed by atoms with E-state index in [1.165, 1.54) is 17.6 Å². The van der Waals surface area contributed by atoms with E-state index in [-0.39, 0.29) is 24.8 Å². The second-order valence-electron chi connectivity index (χ2n) is 7.94. The maximum atomic E-state index is 12.7. The number of nitrogens with one attached hydrogen (secondary N) is 1. The third-order valence-electron chi connectivity index (χ3n) is 5.31. The van der Waals surface area contributed by atoms with Gasteiger partial charge in [0.05, 0.1) is 19.3 Å². The zero-order valence-electron chi connectivity index (χ0n) is 19.5. The lowest BCUT2D eigenvalue weighted by Gasteiger charge is -2.20. The first-order chi connectivity index (χ1) is 15.9. The second kappa shape index (κ2) is 11.3. The van der Waals surface area contributed by atoms with Gasteiger partial charge in [-0.3, -0.25) is 9.59 Å². The molecule has 0 fully saturated rings. The Labute approximate surface area is 193 Å². The van der Waals surface area contributed by atoms with Gasteiger partial charge in [-0.25, -0.2) is 0 Å². The van der Waals surface area contributed by atoms with Crippen molar-refractivity contribution in [3.05, 3.63) is 60.0 Å². The molecule has 0 spiro atoms. The van der Waals surface area contributed by atoms with E-state index in [2.05, 4.69) is 41.4 Å². The number of rotatable bonds is 10. The van der Waals surface area contributed by atoms with Gasteiger partial charge in [0, 0.05) is 24.9 Å². The van der Waals surface area contributed by atoms with Gasteiger partial charge in [-0.05, 0) is 30.5 Å². The summed E-state index contributed by atoms with van der Waals surface area (Å²) in [6.45, 7) is 6.47. The number of aryl methyl sites for hydroxylation is 1. The van der Waals surface area contributed by atoms with Gasteiger partial charge in [0.25, 0.3) is 0 Å². The van der Waals surface area contributed by atoms with E-state index in [1.807, 2.05) is 25.1 Å². The summed E-state index contributed by atoms with van der Waals surface area (Å²) in [4.78, 5) is 31.0. The Morgan fingerprint density at radius 2 is 1.85 bits per heavy atom. The van der Waals surface area contributed by atoms with E-state index in [1.54, 1.807) is 18.2 Å². The van der Waals surface area contributed by atoms with Gasteiger partial charge in [0.2, 0.25) is 23.5 Å². The van der Waals surface area contributed by atoms with Crippen LogP contribution in [0.25, 0.3) is 11.4 Å². The molecule has 0 aliphatic rings. The Morgan fingerprint density at radius 1 is 1.12 bits per heavy atom. The fraction of sp³-hybridized carbons (Fsp3) is 0.360. The quantitative estimate of drug-likeness (QED) is 0.495. The summed E-state index contributed by atoms with van der Waals surface area (Å²) in [5.74, 6) is 1.45. The number of aromatic nitrogens is 2. The maximum Gasteiger partial charge on any atom is 0.244 e. The molecule has 0 saturated heterocycles. The highest BCUT2D eigenvalue weighted by Crippen LogP contribution is 2.23. The van der Waals surface area contributed by atoms with Gasteiger partial charge in [0.1, 0.15) is 5.75 Å². The lowest BCUT2D eigenvalue weighted by Crippen LogP contribution is -2.38. The predicted molar refractivity (Wildman–Crippen MR) is 126 cm³/mol. The monoisotopic (exact) mass is 450 g/mol. The Morgan fingerprint density at radius 3 is 2.52 bits per heavy atom. The van der Waals surface area contributed by atoms with Crippen molar-refractivity contribution in [2.45, 2.75) is 39.5 Å². The number of methoxy groups -OCH3 is 1. The van der Waals surface area contributed by atoms with Gasteiger partial charge >= 0.3 is 0 Å². The fourth-order valence-electron chi connectivity index (χ4n) is 3.35. The van der Waals surface area contributed by atoms with Crippen LogP contribution in [0, 0.1) is 0 Å². The van der Waals surface area contributed by atoms with Crippen LogP contribution in [-0.4, -0.2) is 47.1 Å². The minimum Gasteiger partial charge on any atom is -0.495 e. The average Bonchev–Trinajstić information content (AvgIpc) is 3.30. The standard InChI is InChI=1S/C25H30N4O4/c1-5-29(16-22(30)26-20-8-6-7-9-21(20)32-4)24(31)15-14-23-27-25(28-33-23)19-12-10-18(11-13-19)17(2)3/h6-13,17H,5,14-16H2,1-4H3,(H,26,30). The lowest BCUT2D eigenvalue weighted by atomic mass is 10.0. The average molecular weight is 451 g/mol. The molecular weight excluding hydrogens is 420 g/mol. The van der Waals surface area contributed by atoms with Crippen LogP contribution in [0.4, 0.5) is 5.69 Å². The molecule has 0 radical (unpaired) electrons. The minimum absolute atomic E-state index is 0.0509. The van der Waals surface area contributed by atoms with Gasteiger partial charge in [-0.1, -0.05) is 55.4 Å². The molecule has 8 nitrogen and oxygen atoms in total. The van der Waals surface area contributed by atoms with E-state index in [0.29, 0.717) is 42.0 Å². The Kier molecular flexibility index (Phi) is 8.18. The summed E-state index contributed by atoms with van der Waals surface area (Å²) in [6, 6.07) is 15.2. The van der Waals surface area contributed by atoms with Crippen molar-refractivity contribution in [1.29, 1.82) is 0 Å². The van der Waals surface area contributed by atoms with Crippen molar-refractivity contribution in [2.75, 3.05) is 25.5 Å².